The van der Waals surface area contributed by atoms with Crippen molar-refractivity contribution in [2.45, 2.75) is 44.9 Å². The van der Waals surface area contributed by atoms with E-state index in [-0.39, 0.29) is 23.0 Å². The third-order valence-corrected chi connectivity index (χ3v) is 5.36. The summed E-state index contributed by atoms with van der Waals surface area (Å²) in [7, 11) is 1.54. The van der Waals surface area contributed by atoms with Crippen LogP contribution in [0.4, 0.5) is 11.4 Å². The van der Waals surface area contributed by atoms with E-state index in [1.165, 1.54) is 24.2 Å². The number of anilines is 2. The van der Waals surface area contributed by atoms with Crippen LogP contribution in [-0.4, -0.2) is 24.7 Å². The highest BCUT2D eigenvalue weighted by molar-refractivity contribution is 8.00. The summed E-state index contributed by atoms with van der Waals surface area (Å²) in [5, 5.41) is 5.58. The van der Waals surface area contributed by atoms with Crippen molar-refractivity contribution < 1.29 is 14.3 Å². The Bertz CT molecular complexity index is 873. The standard InChI is InChI=1S/C22H28N2O3S/c1-14-7-8-16(22(3,4)5)11-20(14)28-13-21(26)24-18-12-17(23-15(2)25)9-10-19(18)27-6/h7-12H,13H2,1-6H3,(H,23,25)(H,24,26). The van der Waals surface area contributed by atoms with Crippen LogP contribution in [0.1, 0.15) is 38.8 Å². The average molecular weight is 401 g/mol. The number of nitrogens with one attached hydrogen (secondary N) is 2. The molecule has 0 atom stereocenters. The molecule has 0 saturated carbocycles. The molecule has 0 fully saturated rings. The Morgan fingerprint density at radius 1 is 1.07 bits per heavy atom. The van der Waals surface area contributed by atoms with Crippen LogP contribution in [0.5, 0.6) is 5.75 Å². The zero-order valence-corrected chi connectivity index (χ0v) is 18.1. The SMILES string of the molecule is COc1ccc(NC(C)=O)cc1NC(=O)CSc1cc(C(C)(C)C)ccc1C. The van der Waals surface area contributed by atoms with E-state index in [1.54, 1.807) is 25.3 Å². The number of benzene rings is 2. The zero-order chi connectivity index (χ0) is 20.9. The van der Waals surface area contributed by atoms with Crippen LogP contribution in [0, 0.1) is 6.92 Å². The molecule has 2 aromatic rings. The van der Waals surface area contributed by atoms with Crippen molar-refractivity contribution >= 4 is 35.0 Å². The monoisotopic (exact) mass is 400 g/mol. The number of carbonyl (C=O) groups is 2. The molecule has 5 nitrogen and oxygen atoms in total. The van der Waals surface area contributed by atoms with Gasteiger partial charge in [-0.15, -0.1) is 11.8 Å². The molecule has 6 heteroatoms. The van der Waals surface area contributed by atoms with Crippen LogP contribution >= 0.6 is 11.8 Å². The molecule has 2 N–H and O–H groups in total. The molecule has 0 radical (unpaired) electrons. The fourth-order valence-corrected chi connectivity index (χ4v) is 3.50. The Morgan fingerprint density at radius 3 is 2.39 bits per heavy atom. The molecule has 2 amide bonds. The summed E-state index contributed by atoms with van der Waals surface area (Å²) in [5.74, 6) is 0.511. The first kappa shape index (κ1) is 21.8. The fourth-order valence-electron chi connectivity index (χ4n) is 2.64. The summed E-state index contributed by atoms with van der Waals surface area (Å²) in [6.45, 7) is 10.0. The summed E-state index contributed by atoms with van der Waals surface area (Å²) in [5.41, 5.74) is 3.58. The van der Waals surface area contributed by atoms with Gasteiger partial charge in [-0.1, -0.05) is 32.9 Å². The van der Waals surface area contributed by atoms with E-state index in [0.29, 0.717) is 17.1 Å². The maximum absolute atomic E-state index is 12.5. The lowest BCUT2D eigenvalue weighted by molar-refractivity contribution is -0.114. The van der Waals surface area contributed by atoms with Gasteiger partial charge < -0.3 is 15.4 Å². The first-order valence-corrected chi connectivity index (χ1v) is 10.1. The molecule has 2 rings (SSSR count). The minimum absolute atomic E-state index is 0.0583. The van der Waals surface area contributed by atoms with Crippen LogP contribution in [0.15, 0.2) is 41.3 Å². The normalized spacial score (nSPS) is 11.1. The van der Waals surface area contributed by atoms with Gasteiger partial charge in [0.1, 0.15) is 5.75 Å². The maximum atomic E-state index is 12.5. The molecule has 0 unspecified atom stereocenters. The third-order valence-electron chi connectivity index (χ3n) is 4.21. The summed E-state index contributed by atoms with van der Waals surface area (Å²) in [4.78, 5) is 24.9. The van der Waals surface area contributed by atoms with Crippen molar-refractivity contribution in [2.75, 3.05) is 23.5 Å². The lowest BCUT2D eigenvalue weighted by atomic mass is 9.87. The summed E-state index contributed by atoms with van der Waals surface area (Å²) >= 11 is 1.51. The van der Waals surface area contributed by atoms with Crippen molar-refractivity contribution in [3.05, 3.63) is 47.5 Å². The zero-order valence-electron chi connectivity index (χ0n) is 17.3. The molecule has 0 heterocycles. The molecule has 2 aromatic carbocycles. The van der Waals surface area contributed by atoms with Crippen molar-refractivity contribution in [2.24, 2.45) is 0 Å². The number of amides is 2. The molecule has 0 aliphatic heterocycles. The summed E-state index contributed by atoms with van der Waals surface area (Å²) in [6, 6.07) is 11.5. The number of ether oxygens (including phenoxy) is 1. The molecule has 28 heavy (non-hydrogen) atoms. The second-order valence-corrected chi connectivity index (χ2v) is 8.68. The predicted molar refractivity (Wildman–Crippen MR) is 117 cm³/mol. The largest absolute Gasteiger partial charge is 0.495 e. The minimum Gasteiger partial charge on any atom is -0.495 e. The molecular formula is C22H28N2O3S. The maximum Gasteiger partial charge on any atom is 0.234 e. The van der Waals surface area contributed by atoms with Gasteiger partial charge in [0.15, 0.2) is 0 Å². The van der Waals surface area contributed by atoms with Crippen LogP contribution in [0.25, 0.3) is 0 Å². The molecule has 0 aliphatic carbocycles. The summed E-state index contributed by atoms with van der Waals surface area (Å²) < 4.78 is 5.31. The first-order chi connectivity index (χ1) is 13.1. The van der Waals surface area contributed by atoms with E-state index >= 15 is 0 Å². The highest BCUT2D eigenvalue weighted by Gasteiger charge is 2.16. The molecule has 0 bridgehead atoms. The number of hydrogen-bond donors (Lipinski definition) is 2. The van der Waals surface area contributed by atoms with E-state index in [9.17, 15) is 9.59 Å². The van der Waals surface area contributed by atoms with Gasteiger partial charge in [0.2, 0.25) is 11.8 Å². The van der Waals surface area contributed by atoms with Gasteiger partial charge >= 0.3 is 0 Å². The van der Waals surface area contributed by atoms with Crippen LogP contribution in [0.3, 0.4) is 0 Å². The number of methoxy groups -OCH3 is 1. The molecule has 0 aliphatic rings. The smallest absolute Gasteiger partial charge is 0.234 e. The molecule has 0 aromatic heterocycles. The Hall–Kier alpha value is -2.47. The topological polar surface area (TPSA) is 67.4 Å². The van der Waals surface area contributed by atoms with Crippen molar-refractivity contribution in [3.63, 3.8) is 0 Å². The minimum atomic E-state index is -0.174. The van der Waals surface area contributed by atoms with Gasteiger partial charge in [-0.3, -0.25) is 9.59 Å². The quantitative estimate of drug-likeness (QED) is 0.670. The van der Waals surface area contributed by atoms with E-state index in [2.05, 4.69) is 49.6 Å². The summed E-state index contributed by atoms with van der Waals surface area (Å²) in [6.07, 6.45) is 0. The van der Waals surface area contributed by atoms with Gasteiger partial charge in [0.05, 0.1) is 18.6 Å². The number of rotatable bonds is 6. The number of thioether (sulfide) groups is 1. The Balaban J connectivity index is 2.10. The molecule has 150 valence electrons. The van der Waals surface area contributed by atoms with Crippen molar-refractivity contribution in [3.8, 4) is 5.75 Å². The fraction of sp³-hybridized carbons (Fsp3) is 0.364. The van der Waals surface area contributed by atoms with Gasteiger partial charge in [0.25, 0.3) is 0 Å². The lowest BCUT2D eigenvalue weighted by Gasteiger charge is -2.20. The van der Waals surface area contributed by atoms with Crippen LogP contribution in [-0.2, 0) is 15.0 Å². The van der Waals surface area contributed by atoms with Gasteiger partial charge in [-0.25, -0.2) is 0 Å². The average Bonchev–Trinajstić information content (AvgIpc) is 2.59. The van der Waals surface area contributed by atoms with E-state index < -0.39 is 0 Å². The van der Waals surface area contributed by atoms with Gasteiger partial charge in [0, 0.05) is 17.5 Å². The van der Waals surface area contributed by atoms with Gasteiger partial charge in [-0.2, -0.15) is 0 Å². The highest BCUT2D eigenvalue weighted by atomic mass is 32.2. The van der Waals surface area contributed by atoms with Crippen molar-refractivity contribution in [1.82, 2.24) is 0 Å². The number of carbonyl (C=O) groups excluding carboxylic acids is 2. The first-order valence-electron chi connectivity index (χ1n) is 9.09. The van der Waals surface area contributed by atoms with E-state index in [1.807, 2.05) is 6.92 Å². The second kappa shape index (κ2) is 9.15. The van der Waals surface area contributed by atoms with Gasteiger partial charge in [-0.05, 0) is 47.7 Å². The van der Waals surface area contributed by atoms with Crippen LogP contribution < -0.4 is 15.4 Å². The van der Waals surface area contributed by atoms with Crippen molar-refractivity contribution in [1.29, 1.82) is 0 Å². The molecular weight excluding hydrogens is 372 g/mol. The highest BCUT2D eigenvalue weighted by Crippen LogP contribution is 2.31. The van der Waals surface area contributed by atoms with E-state index in [4.69, 9.17) is 4.74 Å². The second-order valence-electron chi connectivity index (χ2n) is 7.66. The van der Waals surface area contributed by atoms with Crippen LogP contribution in [0.2, 0.25) is 0 Å². The third kappa shape index (κ3) is 6.02. The Kier molecular flexibility index (Phi) is 7.13. The Labute approximate surface area is 171 Å². The number of hydrogen-bond acceptors (Lipinski definition) is 4. The lowest BCUT2D eigenvalue weighted by Crippen LogP contribution is -2.16. The Morgan fingerprint density at radius 2 is 1.79 bits per heavy atom. The molecule has 0 saturated heterocycles. The van der Waals surface area contributed by atoms with E-state index in [0.717, 1.165) is 10.5 Å². The molecule has 0 spiro atoms. The number of aryl methyl sites for hydroxylation is 1. The predicted octanol–water partition coefficient (Wildman–Crippen LogP) is 4.99.